The van der Waals surface area contributed by atoms with Crippen molar-refractivity contribution in [3.8, 4) is 0 Å². The van der Waals surface area contributed by atoms with E-state index in [9.17, 15) is 4.79 Å². The second-order valence-electron chi connectivity index (χ2n) is 4.03. The molecule has 3 heteroatoms. The molecule has 0 radical (unpaired) electrons. The quantitative estimate of drug-likeness (QED) is 0.574. The van der Waals surface area contributed by atoms with Crippen molar-refractivity contribution >= 4 is 6.29 Å². The molecule has 1 unspecified atom stereocenters. The zero-order chi connectivity index (χ0) is 9.15. The minimum absolute atomic E-state index is 0.0257. The lowest BCUT2D eigenvalue weighted by Gasteiger charge is -2.42. The molecule has 0 aliphatic carbocycles. The van der Waals surface area contributed by atoms with Crippen LogP contribution in [0.4, 0.5) is 0 Å². The van der Waals surface area contributed by atoms with Crippen molar-refractivity contribution in [3.05, 3.63) is 0 Å². The van der Waals surface area contributed by atoms with Crippen LogP contribution >= 0.6 is 0 Å². The van der Waals surface area contributed by atoms with Crippen molar-refractivity contribution in [1.29, 1.82) is 0 Å². The van der Waals surface area contributed by atoms with Crippen molar-refractivity contribution in [2.24, 2.45) is 5.92 Å². The number of carbonyl (C=O) groups is 1. The highest BCUT2D eigenvalue weighted by Gasteiger charge is 2.38. The van der Waals surface area contributed by atoms with E-state index < -0.39 is 0 Å². The van der Waals surface area contributed by atoms with Gasteiger partial charge in [0, 0.05) is 25.7 Å². The van der Waals surface area contributed by atoms with Crippen LogP contribution < -0.4 is 0 Å². The highest BCUT2D eigenvalue weighted by atomic mass is 16.5. The number of hydrogen-bond acceptors (Lipinski definition) is 3. The highest BCUT2D eigenvalue weighted by molar-refractivity contribution is 5.53. The summed E-state index contributed by atoms with van der Waals surface area (Å²) in [6.07, 6.45) is 4.79. The summed E-state index contributed by atoms with van der Waals surface area (Å²) in [4.78, 5) is 10.7. The maximum absolute atomic E-state index is 10.7. The molecule has 2 heterocycles. The Morgan fingerprint density at radius 3 is 2.69 bits per heavy atom. The molecule has 1 atom stereocenters. The van der Waals surface area contributed by atoms with Crippen molar-refractivity contribution in [3.63, 3.8) is 0 Å². The standard InChI is InChI=1S/C10H16O3/c11-8-9-1-4-13-10(7-9)2-5-12-6-3-10/h8-9H,1-7H2. The molecular formula is C10H16O3. The van der Waals surface area contributed by atoms with Crippen LogP contribution in [0, 0.1) is 5.92 Å². The molecule has 2 saturated heterocycles. The fraction of sp³-hybridized carbons (Fsp3) is 0.900. The predicted octanol–water partition coefficient (Wildman–Crippen LogP) is 1.16. The number of aldehydes is 1. The van der Waals surface area contributed by atoms with Gasteiger partial charge in [0.15, 0.2) is 0 Å². The zero-order valence-electron chi connectivity index (χ0n) is 7.83. The van der Waals surface area contributed by atoms with Gasteiger partial charge in [0.1, 0.15) is 6.29 Å². The topological polar surface area (TPSA) is 35.5 Å². The Morgan fingerprint density at radius 1 is 1.23 bits per heavy atom. The fourth-order valence-electron chi connectivity index (χ4n) is 2.27. The molecule has 1 spiro atoms. The fourth-order valence-corrected chi connectivity index (χ4v) is 2.27. The Kier molecular flexibility index (Phi) is 2.65. The first-order chi connectivity index (χ1) is 6.35. The molecule has 0 bridgehead atoms. The van der Waals surface area contributed by atoms with Gasteiger partial charge in [-0.15, -0.1) is 0 Å². The molecule has 13 heavy (non-hydrogen) atoms. The maximum Gasteiger partial charge on any atom is 0.123 e. The summed E-state index contributed by atoms with van der Waals surface area (Å²) < 4.78 is 11.1. The minimum atomic E-state index is -0.0257. The van der Waals surface area contributed by atoms with Crippen LogP contribution in [-0.2, 0) is 14.3 Å². The Balaban J connectivity index is 1.99. The average Bonchev–Trinajstić information content (AvgIpc) is 2.19. The normalized spacial score (nSPS) is 33.1. The van der Waals surface area contributed by atoms with Crippen LogP contribution in [0.1, 0.15) is 25.7 Å². The minimum Gasteiger partial charge on any atom is -0.381 e. The first kappa shape index (κ1) is 9.16. The van der Waals surface area contributed by atoms with Gasteiger partial charge in [0.2, 0.25) is 0 Å². The lowest BCUT2D eigenvalue weighted by Crippen LogP contribution is -2.44. The van der Waals surface area contributed by atoms with Crippen LogP contribution in [0.5, 0.6) is 0 Å². The predicted molar refractivity (Wildman–Crippen MR) is 47.5 cm³/mol. The Morgan fingerprint density at radius 2 is 2.00 bits per heavy atom. The molecule has 0 aromatic heterocycles. The molecule has 2 rings (SSSR count). The molecule has 0 aromatic carbocycles. The lowest BCUT2D eigenvalue weighted by atomic mass is 9.81. The van der Waals surface area contributed by atoms with Crippen LogP contribution in [0.25, 0.3) is 0 Å². The van der Waals surface area contributed by atoms with Gasteiger partial charge in [-0.2, -0.15) is 0 Å². The second-order valence-corrected chi connectivity index (χ2v) is 4.03. The highest BCUT2D eigenvalue weighted by Crippen LogP contribution is 2.36. The number of ether oxygens (including phenoxy) is 2. The monoisotopic (exact) mass is 184 g/mol. The number of hydrogen-bond donors (Lipinski definition) is 0. The molecule has 0 amide bonds. The summed E-state index contributed by atoms with van der Waals surface area (Å²) in [5, 5.41) is 0. The lowest BCUT2D eigenvalue weighted by molar-refractivity contribution is -0.151. The molecule has 74 valence electrons. The second kappa shape index (κ2) is 3.76. The van der Waals surface area contributed by atoms with Gasteiger partial charge in [-0.05, 0) is 25.7 Å². The van der Waals surface area contributed by atoms with E-state index in [2.05, 4.69) is 0 Å². The van der Waals surface area contributed by atoms with Gasteiger partial charge in [-0.25, -0.2) is 0 Å². The van der Waals surface area contributed by atoms with Gasteiger partial charge in [-0.1, -0.05) is 0 Å². The van der Waals surface area contributed by atoms with E-state index in [0.717, 1.165) is 51.8 Å². The van der Waals surface area contributed by atoms with E-state index in [0.29, 0.717) is 0 Å². The molecule has 0 N–H and O–H groups in total. The average molecular weight is 184 g/mol. The summed E-state index contributed by atoms with van der Waals surface area (Å²) >= 11 is 0. The molecule has 3 nitrogen and oxygen atoms in total. The molecular weight excluding hydrogens is 168 g/mol. The maximum atomic E-state index is 10.7. The van der Waals surface area contributed by atoms with Gasteiger partial charge >= 0.3 is 0 Å². The summed E-state index contributed by atoms with van der Waals surface area (Å²) in [6, 6.07) is 0. The van der Waals surface area contributed by atoms with Crippen LogP contribution in [0.2, 0.25) is 0 Å². The SMILES string of the molecule is O=CC1CCOC2(CCOCC2)C1. The molecule has 0 saturated carbocycles. The third-order valence-corrected chi connectivity index (χ3v) is 3.13. The molecule has 2 aliphatic heterocycles. The van der Waals surface area contributed by atoms with E-state index in [1.54, 1.807) is 0 Å². The molecule has 2 aliphatic rings. The van der Waals surface area contributed by atoms with Crippen molar-refractivity contribution < 1.29 is 14.3 Å². The third kappa shape index (κ3) is 1.92. The summed E-state index contributed by atoms with van der Waals surface area (Å²) in [5.74, 6) is 0.215. The Bertz CT molecular complexity index is 179. The van der Waals surface area contributed by atoms with Crippen molar-refractivity contribution in [1.82, 2.24) is 0 Å². The first-order valence-corrected chi connectivity index (χ1v) is 5.02. The van der Waals surface area contributed by atoms with Gasteiger partial charge < -0.3 is 14.3 Å². The van der Waals surface area contributed by atoms with E-state index in [1.165, 1.54) is 0 Å². The number of rotatable bonds is 1. The van der Waals surface area contributed by atoms with Crippen LogP contribution in [0.3, 0.4) is 0 Å². The zero-order valence-corrected chi connectivity index (χ0v) is 7.83. The van der Waals surface area contributed by atoms with E-state index in [-0.39, 0.29) is 11.5 Å². The molecule has 0 aromatic rings. The van der Waals surface area contributed by atoms with Crippen molar-refractivity contribution in [2.75, 3.05) is 19.8 Å². The first-order valence-electron chi connectivity index (χ1n) is 5.02. The summed E-state index contributed by atoms with van der Waals surface area (Å²) in [6.45, 7) is 2.31. The van der Waals surface area contributed by atoms with Gasteiger partial charge in [-0.3, -0.25) is 0 Å². The smallest absolute Gasteiger partial charge is 0.123 e. The van der Waals surface area contributed by atoms with E-state index >= 15 is 0 Å². The third-order valence-electron chi connectivity index (χ3n) is 3.13. The van der Waals surface area contributed by atoms with E-state index in [4.69, 9.17) is 9.47 Å². The van der Waals surface area contributed by atoms with Crippen LogP contribution in [0.15, 0.2) is 0 Å². The summed E-state index contributed by atoms with van der Waals surface area (Å²) in [7, 11) is 0. The Labute approximate surface area is 78.4 Å². The van der Waals surface area contributed by atoms with E-state index in [1.807, 2.05) is 0 Å². The Hall–Kier alpha value is -0.410. The largest absolute Gasteiger partial charge is 0.381 e. The molecule has 2 fully saturated rings. The van der Waals surface area contributed by atoms with Crippen molar-refractivity contribution in [2.45, 2.75) is 31.3 Å². The summed E-state index contributed by atoms with van der Waals surface area (Å²) in [5.41, 5.74) is -0.0257. The van der Waals surface area contributed by atoms with Gasteiger partial charge in [0.25, 0.3) is 0 Å². The van der Waals surface area contributed by atoms with Crippen LogP contribution in [-0.4, -0.2) is 31.7 Å². The number of carbonyl (C=O) groups excluding carboxylic acids is 1. The van der Waals surface area contributed by atoms with Gasteiger partial charge in [0.05, 0.1) is 5.60 Å².